The molecule has 2 aromatic heterocycles. The summed E-state index contributed by atoms with van der Waals surface area (Å²) in [6, 6.07) is 19.2. The van der Waals surface area contributed by atoms with E-state index in [2.05, 4.69) is 15.2 Å². The molecule has 1 saturated heterocycles. The molecule has 4 aromatic rings. The number of benzene rings is 2. The lowest BCUT2D eigenvalue weighted by Crippen LogP contribution is -2.29. The number of hydrogen-bond acceptors (Lipinski definition) is 8. The van der Waals surface area contributed by atoms with E-state index >= 15 is 0 Å². The second-order valence-corrected chi connectivity index (χ2v) is 9.01. The Bertz CT molecular complexity index is 1400. The largest absolute Gasteiger partial charge is 0.507 e. The lowest BCUT2D eigenvalue weighted by atomic mass is 9.95. The van der Waals surface area contributed by atoms with E-state index in [4.69, 9.17) is 4.74 Å². The van der Waals surface area contributed by atoms with Gasteiger partial charge in [0.2, 0.25) is 5.13 Å². The van der Waals surface area contributed by atoms with Gasteiger partial charge in [0.15, 0.2) is 0 Å². The maximum Gasteiger partial charge on any atom is 0.301 e. The van der Waals surface area contributed by atoms with Crippen LogP contribution in [-0.2, 0) is 16.2 Å². The van der Waals surface area contributed by atoms with Crippen LogP contribution in [0.3, 0.4) is 0 Å². The first kappa shape index (κ1) is 22.4. The number of hydrogen-bond donors (Lipinski definition) is 1. The van der Waals surface area contributed by atoms with Crippen LogP contribution in [0.5, 0.6) is 5.75 Å². The van der Waals surface area contributed by atoms with Gasteiger partial charge < -0.3 is 9.84 Å². The van der Waals surface area contributed by atoms with Gasteiger partial charge in [0.1, 0.15) is 23.1 Å². The third-order valence-electron chi connectivity index (χ3n) is 5.56. The van der Waals surface area contributed by atoms with E-state index in [1.807, 2.05) is 30.3 Å². The second-order valence-electron chi connectivity index (χ2n) is 7.85. The molecule has 1 aliphatic rings. The van der Waals surface area contributed by atoms with E-state index in [0.29, 0.717) is 28.5 Å². The molecule has 174 valence electrons. The van der Waals surface area contributed by atoms with Gasteiger partial charge in [-0.2, -0.15) is 0 Å². The molecular weight excluding hydrogens is 464 g/mol. The summed E-state index contributed by atoms with van der Waals surface area (Å²) >= 11 is 1.20. The highest BCUT2D eigenvalue weighted by Gasteiger charge is 2.48. The summed E-state index contributed by atoms with van der Waals surface area (Å²) in [4.78, 5) is 31.5. The normalized spacial score (nSPS) is 17.1. The molecule has 0 aliphatic carbocycles. The zero-order valence-corrected chi connectivity index (χ0v) is 19.5. The van der Waals surface area contributed by atoms with E-state index < -0.39 is 17.7 Å². The first-order valence-electron chi connectivity index (χ1n) is 10.8. The molecule has 1 amide bonds. The molecule has 9 heteroatoms. The Labute approximate surface area is 205 Å². The summed E-state index contributed by atoms with van der Waals surface area (Å²) in [5.41, 5.74) is 2.03. The average Bonchev–Trinajstić information content (AvgIpc) is 3.44. The number of pyridine rings is 1. The summed E-state index contributed by atoms with van der Waals surface area (Å²) in [5.74, 6) is -1.20. The standard InChI is InChI=1S/C26H20N4O4S/c1-16-28-29-26(35-16)30-22(21(24(32)25(30)33)23(31)19-11-13-27-14-12-19)18-7-9-20(10-8-18)34-15-17-5-3-2-4-6-17/h2-14,22,31H,15H2,1H3/b23-21-. The van der Waals surface area contributed by atoms with Crippen LogP contribution in [0.1, 0.15) is 27.7 Å². The van der Waals surface area contributed by atoms with Crippen LogP contribution >= 0.6 is 11.3 Å². The zero-order valence-electron chi connectivity index (χ0n) is 18.7. The van der Waals surface area contributed by atoms with Gasteiger partial charge in [-0.15, -0.1) is 10.2 Å². The molecule has 0 saturated carbocycles. The summed E-state index contributed by atoms with van der Waals surface area (Å²) < 4.78 is 5.87. The maximum absolute atomic E-state index is 13.1. The Morgan fingerprint density at radius 3 is 2.37 bits per heavy atom. The smallest absolute Gasteiger partial charge is 0.301 e. The molecule has 0 spiro atoms. The number of aryl methyl sites for hydroxylation is 1. The van der Waals surface area contributed by atoms with Crippen molar-refractivity contribution in [3.63, 3.8) is 0 Å². The van der Waals surface area contributed by atoms with Crippen LogP contribution in [0, 0.1) is 6.92 Å². The van der Waals surface area contributed by atoms with Crippen molar-refractivity contribution in [1.82, 2.24) is 15.2 Å². The number of Topliss-reactive ketones (excluding diaryl/α,β-unsaturated/α-hetero) is 1. The zero-order chi connectivity index (χ0) is 24.4. The lowest BCUT2D eigenvalue weighted by Gasteiger charge is -2.22. The highest BCUT2D eigenvalue weighted by molar-refractivity contribution is 7.15. The van der Waals surface area contributed by atoms with Gasteiger partial charge in [0.25, 0.3) is 5.78 Å². The SMILES string of the molecule is Cc1nnc(N2C(=O)C(=O)/C(=C(\O)c3ccncc3)C2c2ccc(OCc3ccccc3)cc2)s1. The van der Waals surface area contributed by atoms with Crippen LogP contribution < -0.4 is 9.64 Å². The minimum absolute atomic E-state index is 0.0213. The predicted molar refractivity (Wildman–Crippen MR) is 131 cm³/mol. The van der Waals surface area contributed by atoms with Crippen molar-refractivity contribution in [3.8, 4) is 5.75 Å². The van der Waals surface area contributed by atoms with Crippen LogP contribution in [0.2, 0.25) is 0 Å². The van der Waals surface area contributed by atoms with Crippen molar-refractivity contribution in [2.45, 2.75) is 19.6 Å². The fourth-order valence-corrected chi connectivity index (χ4v) is 4.60. The first-order chi connectivity index (χ1) is 17.0. The van der Waals surface area contributed by atoms with Crippen molar-refractivity contribution in [2.75, 3.05) is 4.90 Å². The van der Waals surface area contributed by atoms with Crippen LogP contribution in [0.15, 0.2) is 84.7 Å². The van der Waals surface area contributed by atoms with Gasteiger partial charge in [-0.1, -0.05) is 53.8 Å². The number of nitrogens with zero attached hydrogens (tertiary/aromatic N) is 4. The lowest BCUT2D eigenvalue weighted by molar-refractivity contribution is -0.132. The first-order valence-corrected chi connectivity index (χ1v) is 11.6. The van der Waals surface area contributed by atoms with Gasteiger partial charge in [0.05, 0.1) is 11.6 Å². The number of ether oxygens (including phenoxy) is 1. The summed E-state index contributed by atoms with van der Waals surface area (Å²) in [6.45, 7) is 2.17. The number of carbonyl (C=O) groups excluding carboxylic acids is 2. The maximum atomic E-state index is 13.1. The fraction of sp³-hybridized carbons (Fsp3) is 0.115. The summed E-state index contributed by atoms with van der Waals surface area (Å²) in [7, 11) is 0. The third-order valence-corrected chi connectivity index (χ3v) is 6.40. The van der Waals surface area contributed by atoms with Crippen molar-refractivity contribution < 1.29 is 19.4 Å². The van der Waals surface area contributed by atoms with Gasteiger partial charge in [-0.3, -0.25) is 19.5 Å². The molecule has 0 bridgehead atoms. The number of aromatic nitrogens is 3. The monoisotopic (exact) mass is 484 g/mol. The Kier molecular flexibility index (Phi) is 6.07. The van der Waals surface area contributed by atoms with E-state index in [-0.39, 0.29) is 16.5 Å². The number of rotatable bonds is 6. The fourth-order valence-electron chi connectivity index (χ4n) is 3.88. The minimum atomic E-state index is -0.876. The molecule has 8 nitrogen and oxygen atoms in total. The molecule has 1 fully saturated rings. The third kappa shape index (κ3) is 4.41. The number of aliphatic hydroxyl groups is 1. The van der Waals surface area contributed by atoms with Crippen LogP contribution in [0.25, 0.3) is 5.76 Å². The van der Waals surface area contributed by atoms with E-state index in [0.717, 1.165) is 5.56 Å². The molecule has 1 atom stereocenters. The Morgan fingerprint density at radius 1 is 1.00 bits per heavy atom. The van der Waals surface area contributed by atoms with E-state index in [9.17, 15) is 14.7 Å². The molecule has 35 heavy (non-hydrogen) atoms. The number of ketones is 1. The summed E-state index contributed by atoms with van der Waals surface area (Å²) in [6.07, 6.45) is 3.01. The Balaban J connectivity index is 1.54. The minimum Gasteiger partial charge on any atom is -0.507 e. The Morgan fingerprint density at radius 2 is 1.71 bits per heavy atom. The number of aliphatic hydroxyl groups excluding tert-OH is 1. The van der Waals surface area contributed by atoms with Gasteiger partial charge in [0, 0.05) is 18.0 Å². The molecule has 5 rings (SSSR count). The Hall–Kier alpha value is -4.37. The van der Waals surface area contributed by atoms with Crippen molar-refractivity contribution in [2.24, 2.45) is 0 Å². The predicted octanol–water partition coefficient (Wildman–Crippen LogP) is 4.45. The van der Waals surface area contributed by atoms with Gasteiger partial charge in [-0.25, -0.2) is 0 Å². The highest BCUT2D eigenvalue weighted by Crippen LogP contribution is 2.43. The number of amides is 1. The van der Waals surface area contributed by atoms with Crippen molar-refractivity contribution >= 4 is 33.9 Å². The number of carbonyl (C=O) groups is 2. The quantitative estimate of drug-likeness (QED) is 0.245. The molecule has 1 N–H and O–H groups in total. The highest BCUT2D eigenvalue weighted by atomic mass is 32.1. The van der Waals surface area contributed by atoms with Gasteiger partial charge >= 0.3 is 5.91 Å². The molecule has 1 unspecified atom stereocenters. The second kappa shape index (κ2) is 9.47. The van der Waals surface area contributed by atoms with Crippen molar-refractivity contribution in [3.05, 3.63) is 106 Å². The average molecular weight is 485 g/mol. The van der Waals surface area contributed by atoms with Crippen LogP contribution in [0.4, 0.5) is 5.13 Å². The van der Waals surface area contributed by atoms with E-state index in [1.54, 1.807) is 43.3 Å². The van der Waals surface area contributed by atoms with E-state index in [1.165, 1.54) is 28.6 Å². The van der Waals surface area contributed by atoms with Gasteiger partial charge in [-0.05, 0) is 42.3 Å². The molecule has 1 aliphatic heterocycles. The van der Waals surface area contributed by atoms with Crippen LogP contribution in [-0.4, -0.2) is 32.0 Å². The van der Waals surface area contributed by atoms with Crippen molar-refractivity contribution in [1.29, 1.82) is 0 Å². The molecule has 0 radical (unpaired) electrons. The summed E-state index contributed by atoms with van der Waals surface area (Å²) in [5, 5.41) is 20.1. The molecular formula is C26H20N4O4S. The molecule has 2 aromatic carbocycles. The topological polar surface area (TPSA) is 106 Å². The molecule has 3 heterocycles. The number of anilines is 1.